The van der Waals surface area contributed by atoms with Crippen molar-refractivity contribution in [2.24, 2.45) is 5.10 Å². The second kappa shape index (κ2) is 6.75. The number of hydrogen-bond donors (Lipinski definition) is 0. The molecule has 0 aromatic heterocycles. The normalized spacial score (nSPS) is 11.6. The third kappa shape index (κ3) is 4.18. The summed E-state index contributed by atoms with van der Waals surface area (Å²) in [4.78, 5) is 12.7. The molecule has 2 rings (SSSR count). The molecule has 2 aromatic carbocycles. The van der Waals surface area contributed by atoms with E-state index < -0.39 is 5.54 Å². The number of carbonyl (C=O) groups excluding carboxylic acids is 1. The second-order valence-corrected chi connectivity index (χ2v) is 6.39. The van der Waals surface area contributed by atoms with Crippen LogP contribution in [0.15, 0.2) is 59.7 Å². The van der Waals surface area contributed by atoms with Crippen molar-refractivity contribution in [1.82, 2.24) is 5.01 Å². The first-order valence-corrected chi connectivity index (χ1v) is 7.45. The molecular formula is C18H19ClN2O. The van der Waals surface area contributed by atoms with Crippen LogP contribution >= 0.6 is 11.6 Å². The average molecular weight is 315 g/mol. The number of hydrogen-bond acceptors (Lipinski definition) is 2. The van der Waals surface area contributed by atoms with E-state index >= 15 is 0 Å². The van der Waals surface area contributed by atoms with Gasteiger partial charge in [0.05, 0.1) is 11.8 Å². The Balaban J connectivity index is 2.27. The van der Waals surface area contributed by atoms with Crippen LogP contribution in [0.3, 0.4) is 0 Å². The van der Waals surface area contributed by atoms with Gasteiger partial charge in [-0.1, -0.05) is 41.9 Å². The third-order valence-electron chi connectivity index (χ3n) is 3.04. The van der Waals surface area contributed by atoms with E-state index in [1.807, 2.05) is 51.1 Å². The largest absolute Gasteiger partial charge is 0.274 e. The maximum atomic E-state index is 12.7. The molecule has 0 saturated heterocycles. The quantitative estimate of drug-likeness (QED) is 0.601. The van der Waals surface area contributed by atoms with Crippen LogP contribution in [0.4, 0.5) is 0 Å². The van der Waals surface area contributed by atoms with Crippen LogP contribution in [0.2, 0.25) is 5.02 Å². The lowest BCUT2D eigenvalue weighted by Gasteiger charge is -2.31. The number of halogens is 1. The monoisotopic (exact) mass is 314 g/mol. The number of hydrazone groups is 1. The van der Waals surface area contributed by atoms with Crippen LogP contribution in [-0.4, -0.2) is 22.7 Å². The number of amides is 1. The van der Waals surface area contributed by atoms with Crippen molar-refractivity contribution in [1.29, 1.82) is 0 Å². The summed E-state index contributed by atoms with van der Waals surface area (Å²) in [6.07, 6.45) is 1.67. The number of benzene rings is 2. The van der Waals surface area contributed by atoms with Crippen molar-refractivity contribution < 1.29 is 4.79 Å². The summed E-state index contributed by atoms with van der Waals surface area (Å²) in [5, 5.41) is 6.56. The van der Waals surface area contributed by atoms with Crippen molar-refractivity contribution in [3.8, 4) is 0 Å². The minimum atomic E-state index is -0.421. The molecule has 0 N–H and O–H groups in total. The molecule has 0 aliphatic heterocycles. The fraction of sp³-hybridized carbons (Fsp3) is 0.222. The van der Waals surface area contributed by atoms with Crippen molar-refractivity contribution in [3.63, 3.8) is 0 Å². The lowest BCUT2D eigenvalue weighted by atomic mass is 10.1. The highest BCUT2D eigenvalue weighted by Gasteiger charge is 2.26. The molecule has 114 valence electrons. The fourth-order valence-electron chi connectivity index (χ4n) is 1.91. The van der Waals surface area contributed by atoms with E-state index in [1.165, 1.54) is 5.01 Å². The molecule has 0 aliphatic rings. The zero-order valence-electron chi connectivity index (χ0n) is 13.0. The van der Waals surface area contributed by atoms with Gasteiger partial charge in [0.2, 0.25) is 0 Å². The lowest BCUT2D eigenvalue weighted by molar-refractivity contribution is 0.0593. The molecule has 0 saturated carbocycles. The Morgan fingerprint density at radius 2 is 1.64 bits per heavy atom. The third-order valence-corrected chi connectivity index (χ3v) is 3.29. The Hall–Kier alpha value is -2.13. The summed E-state index contributed by atoms with van der Waals surface area (Å²) in [6, 6.07) is 16.5. The fourth-order valence-corrected chi connectivity index (χ4v) is 2.03. The van der Waals surface area contributed by atoms with E-state index in [0.29, 0.717) is 10.6 Å². The lowest BCUT2D eigenvalue weighted by Crippen LogP contribution is -2.41. The highest BCUT2D eigenvalue weighted by atomic mass is 35.5. The summed E-state index contributed by atoms with van der Waals surface area (Å²) < 4.78 is 0. The van der Waals surface area contributed by atoms with Crippen LogP contribution < -0.4 is 0 Å². The number of rotatable bonds is 3. The maximum absolute atomic E-state index is 12.7. The van der Waals surface area contributed by atoms with Gasteiger partial charge in [0, 0.05) is 10.6 Å². The van der Waals surface area contributed by atoms with Crippen molar-refractivity contribution in [2.75, 3.05) is 0 Å². The molecule has 0 fully saturated rings. The van der Waals surface area contributed by atoms with Crippen LogP contribution in [0, 0.1) is 0 Å². The van der Waals surface area contributed by atoms with E-state index in [0.717, 1.165) is 5.56 Å². The van der Waals surface area contributed by atoms with Crippen LogP contribution in [-0.2, 0) is 0 Å². The number of nitrogens with zero attached hydrogens (tertiary/aromatic N) is 2. The summed E-state index contributed by atoms with van der Waals surface area (Å²) in [6.45, 7) is 5.85. The van der Waals surface area contributed by atoms with Crippen molar-refractivity contribution in [2.45, 2.75) is 26.3 Å². The summed E-state index contributed by atoms with van der Waals surface area (Å²) in [5.41, 5.74) is 1.08. The van der Waals surface area contributed by atoms with Crippen LogP contribution in [0.5, 0.6) is 0 Å². The average Bonchev–Trinajstić information content (AvgIpc) is 2.49. The Morgan fingerprint density at radius 3 is 2.18 bits per heavy atom. The van der Waals surface area contributed by atoms with Gasteiger partial charge in [-0.15, -0.1) is 0 Å². The number of carbonyl (C=O) groups is 1. The Kier molecular flexibility index (Phi) is 4.99. The highest BCUT2D eigenvalue weighted by molar-refractivity contribution is 6.30. The molecule has 1 amide bonds. The molecule has 0 aliphatic carbocycles. The molecule has 0 unspecified atom stereocenters. The smallest absolute Gasteiger partial charge is 0.267 e. The molecule has 4 heteroatoms. The molecule has 0 atom stereocenters. The molecule has 0 bridgehead atoms. The van der Waals surface area contributed by atoms with Crippen molar-refractivity contribution in [3.05, 3.63) is 70.7 Å². The van der Waals surface area contributed by atoms with E-state index in [1.54, 1.807) is 30.5 Å². The first kappa shape index (κ1) is 16.2. The first-order valence-electron chi connectivity index (χ1n) is 7.07. The molecule has 22 heavy (non-hydrogen) atoms. The van der Waals surface area contributed by atoms with Gasteiger partial charge in [-0.2, -0.15) is 5.10 Å². The second-order valence-electron chi connectivity index (χ2n) is 5.95. The first-order chi connectivity index (χ1) is 10.4. The van der Waals surface area contributed by atoms with E-state index in [9.17, 15) is 4.79 Å². The standard InChI is InChI=1S/C18H19ClN2O/c1-18(2,3)21(17(22)15-7-5-4-6-8-15)20-13-14-9-11-16(19)12-10-14/h4-13H,1-3H3/b20-13+. The molecule has 0 radical (unpaired) electrons. The van der Waals surface area contributed by atoms with E-state index in [4.69, 9.17) is 11.6 Å². The van der Waals surface area contributed by atoms with Crippen molar-refractivity contribution >= 4 is 23.7 Å². The zero-order chi connectivity index (χ0) is 16.2. The van der Waals surface area contributed by atoms with Gasteiger partial charge < -0.3 is 0 Å². The minimum Gasteiger partial charge on any atom is -0.267 e. The van der Waals surface area contributed by atoms with Crippen LogP contribution in [0.1, 0.15) is 36.7 Å². The maximum Gasteiger partial charge on any atom is 0.274 e. The Morgan fingerprint density at radius 1 is 1.05 bits per heavy atom. The topological polar surface area (TPSA) is 32.7 Å². The Bertz CT molecular complexity index is 658. The molecule has 3 nitrogen and oxygen atoms in total. The predicted octanol–water partition coefficient (Wildman–Crippen LogP) is 4.61. The van der Waals surface area contributed by atoms with E-state index in [-0.39, 0.29) is 5.91 Å². The predicted molar refractivity (Wildman–Crippen MR) is 91.4 cm³/mol. The van der Waals surface area contributed by atoms with Gasteiger partial charge in [-0.05, 0) is 50.6 Å². The van der Waals surface area contributed by atoms with Gasteiger partial charge in [-0.25, -0.2) is 5.01 Å². The van der Waals surface area contributed by atoms with Crippen LogP contribution in [0.25, 0.3) is 0 Å². The van der Waals surface area contributed by atoms with Gasteiger partial charge in [-0.3, -0.25) is 4.79 Å². The summed E-state index contributed by atoms with van der Waals surface area (Å²) >= 11 is 5.87. The highest BCUT2D eigenvalue weighted by Crippen LogP contribution is 2.18. The molecular weight excluding hydrogens is 296 g/mol. The molecule has 0 spiro atoms. The Labute approximate surface area is 136 Å². The zero-order valence-corrected chi connectivity index (χ0v) is 13.7. The summed E-state index contributed by atoms with van der Waals surface area (Å²) in [5.74, 6) is -0.127. The summed E-state index contributed by atoms with van der Waals surface area (Å²) in [7, 11) is 0. The SMILES string of the molecule is CC(C)(C)N(/N=C/c1ccc(Cl)cc1)C(=O)c1ccccc1. The van der Waals surface area contributed by atoms with Gasteiger partial charge in [0.15, 0.2) is 0 Å². The van der Waals surface area contributed by atoms with E-state index in [2.05, 4.69) is 5.10 Å². The van der Waals surface area contributed by atoms with Gasteiger partial charge in [0.1, 0.15) is 0 Å². The molecule has 2 aromatic rings. The minimum absolute atomic E-state index is 0.127. The van der Waals surface area contributed by atoms with Gasteiger partial charge >= 0.3 is 0 Å². The van der Waals surface area contributed by atoms with Gasteiger partial charge in [0.25, 0.3) is 5.91 Å². The molecule has 0 heterocycles.